The number of nitrogens with zero attached hydrogens (tertiary/aromatic N) is 1. The van der Waals surface area contributed by atoms with Crippen molar-refractivity contribution in [2.24, 2.45) is 5.92 Å². The minimum atomic E-state index is -0.241. The van der Waals surface area contributed by atoms with Crippen LogP contribution in [0.2, 0.25) is 0 Å². The van der Waals surface area contributed by atoms with Crippen LogP contribution in [0.25, 0.3) is 0 Å². The number of nitrogens with one attached hydrogen (secondary N) is 2. The van der Waals surface area contributed by atoms with Crippen molar-refractivity contribution in [2.75, 3.05) is 23.3 Å². The molecule has 0 bridgehead atoms. The predicted molar refractivity (Wildman–Crippen MR) is 95.1 cm³/mol. The zero-order valence-corrected chi connectivity index (χ0v) is 13.7. The summed E-state index contributed by atoms with van der Waals surface area (Å²) in [7, 11) is 0. The van der Waals surface area contributed by atoms with Gasteiger partial charge in [-0.3, -0.25) is 4.79 Å². The number of urea groups is 1. The highest BCUT2D eigenvalue weighted by Crippen LogP contribution is 2.24. The molecule has 1 fully saturated rings. The second-order valence-corrected chi connectivity index (χ2v) is 6.06. The molecule has 124 valence electrons. The smallest absolute Gasteiger partial charge is 0.319 e. The molecule has 1 heterocycles. The zero-order valence-electron chi connectivity index (χ0n) is 13.7. The Kier molecular flexibility index (Phi) is 4.79. The molecule has 3 rings (SSSR count). The molecule has 0 radical (unpaired) electrons. The van der Waals surface area contributed by atoms with Gasteiger partial charge in [-0.2, -0.15) is 0 Å². The largest absolute Gasteiger partial charge is 0.338 e. The van der Waals surface area contributed by atoms with Gasteiger partial charge in [0.2, 0.25) is 5.91 Å². The lowest BCUT2D eigenvalue weighted by molar-refractivity contribution is -0.117. The lowest BCUT2D eigenvalue weighted by Crippen LogP contribution is -2.34. The summed E-state index contributed by atoms with van der Waals surface area (Å²) >= 11 is 0. The highest BCUT2D eigenvalue weighted by molar-refractivity contribution is 5.96. The van der Waals surface area contributed by atoms with E-state index in [0.29, 0.717) is 19.5 Å². The van der Waals surface area contributed by atoms with Crippen LogP contribution in [-0.4, -0.2) is 25.0 Å². The number of aryl methyl sites for hydroxylation is 1. The maximum Gasteiger partial charge on any atom is 0.319 e. The van der Waals surface area contributed by atoms with E-state index in [1.165, 1.54) is 0 Å². The van der Waals surface area contributed by atoms with Crippen molar-refractivity contribution >= 4 is 23.3 Å². The average Bonchev–Trinajstić information content (AvgIpc) is 2.97. The quantitative estimate of drug-likeness (QED) is 0.908. The van der Waals surface area contributed by atoms with E-state index in [-0.39, 0.29) is 17.9 Å². The second-order valence-electron chi connectivity index (χ2n) is 6.06. The van der Waals surface area contributed by atoms with Crippen molar-refractivity contribution in [3.8, 4) is 0 Å². The lowest BCUT2D eigenvalue weighted by atomic mass is 10.1. The fourth-order valence-corrected chi connectivity index (χ4v) is 2.89. The Morgan fingerprint density at radius 3 is 2.58 bits per heavy atom. The van der Waals surface area contributed by atoms with Crippen LogP contribution in [-0.2, 0) is 4.79 Å². The Labute approximate surface area is 141 Å². The molecular formula is C19H21N3O2. The van der Waals surface area contributed by atoms with Crippen molar-refractivity contribution in [2.45, 2.75) is 13.3 Å². The van der Waals surface area contributed by atoms with Crippen LogP contribution < -0.4 is 15.5 Å². The van der Waals surface area contributed by atoms with E-state index in [4.69, 9.17) is 0 Å². The molecule has 0 aliphatic carbocycles. The van der Waals surface area contributed by atoms with Crippen molar-refractivity contribution in [1.29, 1.82) is 0 Å². The predicted octanol–water partition coefficient (Wildman–Crippen LogP) is 3.17. The first-order valence-corrected chi connectivity index (χ1v) is 8.09. The van der Waals surface area contributed by atoms with Gasteiger partial charge in [0, 0.05) is 36.8 Å². The van der Waals surface area contributed by atoms with E-state index in [1.807, 2.05) is 61.5 Å². The average molecular weight is 323 g/mol. The van der Waals surface area contributed by atoms with E-state index in [1.54, 1.807) is 4.90 Å². The van der Waals surface area contributed by atoms with E-state index in [9.17, 15) is 9.59 Å². The SMILES string of the molecule is Cc1ccccc1NC(=O)NCC1CC(=O)N(c2ccccc2)C1. The van der Waals surface area contributed by atoms with Gasteiger partial charge in [-0.15, -0.1) is 0 Å². The topological polar surface area (TPSA) is 61.4 Å². The molecule has 1 atom stereocenters. The molecule has 2 aromatic rings. The van der Waals surface area contributed by atoms with Gasteiger partial charge >= 0.3 is 6.03 Å². The molecule has 2 N–H and O–H groups in total. The number of benzene rings is 2. The summed E-state index contributed by atoms with van der Waals surface area (Å²) in [5.41, 5.74) is 2.72. The molecule has 24 heavy (non-hydrogen) atoms. The number of anilines is 2. The van der Waals surface area contributed by atoms with Crippen LogP contribution in [0.3, 0.4) is 0 Å². The Balaban J connectivity index is 1.52. The highest BCUT2D eigenvalue weighted by Gasteiger charge is 2.30. The fraction of sp³-hybridized carbons (Fsp3) is 0.263. The third kappa shape index (κ3) is 3.74. The van der Waals surface area contributed by atoms with Gasteiger partial charge in [-0.1, -0.05) is 36.4 Å². The fourth-order valence-electron chi connectivity index (χ4n) is 2.89. The van der Waals surface area contributed by atoms with Gasteiger partial charge in [0.05, 0.1) is 0 Å². The maximum atomic E-state index is 12.2. The lowest BCUT2D eigenvalue weighted by Gasteiger charge is -2.17. The van der Waals surface area contributed by atoms with E-state index in [2.05, 4.69) is 10.6 Å². The molecule has 3 amide bonds. The van der Waals surface area contributed by atoms with Gasteiger partial charge < -0.3 is 15.5 Å². The Hall–Kier alpha value is -2.82. The molecule has 0 spiro atoms. The van der Waals surface area contributed by atoms with Crippen LogP contribution in [0.5, 0.6) is 0 Å². The van der Waals surface area contributed by atoms with E-state index in [0.717, 1.165) is 16.9 Å². The van der Waals surface area contributed by atoms with Gasteiger partial charge in [0.1, 0.15) is 0 Å². The molecule has 0 saturated carbocycles. The summed E-state index contributed by atoms with van der Waals surface area (Å²) in [5, 5.41) is 5.70. The monoisotopic (exact) mass is 323 g/mol. The molecule has 1 saturated heterocycles. The normalized spacial score (nSPS) is 17.0. The standard InChI is InChI=1S/C19H21N3O2/c1-14-7-5-6-10-17(14)21-19(24)20-12-15-11-18(23)22(13-15)16-8-3-2-4-9-16/h2-10,15H,11-13H2,1H3,(H2,20,21,24). The number of rotatable bonds is 4. The van der Waals surface area contributed by atoms with Crippen LogP contribution >= 0.6 is 0 Å². The van der Waals surface area contributed by atoms with Gasteiger partial charge in [0.25, 0.3) is 0 Å². The molecule has 5 heteroatoms. The number of carbonyl (C=O) groups excluding carboxylic acids is 2. The summed E-state index contributed by atoms with van der Waals surface area (Å²) in [6.07, 6.45) is 0.458. The van der Waals surface area contributed by atoms with Gasteiger partial charge in [-0.05, 0) is 30.7 Å². The van der Waals surface area contributed by atoms with Gasteiger partial charge in [0.15, 0.2) is 0 Å². The molecule has 0 aromatic heterocycles. The first-order chi connectivity index (χ1) is 11.6. The number of hydrogen-bond acceptors (Lipinski definition) is 2. The molecule has 5 nitrogen and oxygen atoms in total. The third-order valence-corrected chi connectivity index (χ3v) is 4.22. The molecular weight excluding hydrogens is 302 g/mol. The number of hydrogen-bond donors (Lipinski definition) is 2. The summed E-state index contributed by atoms with van der Waals surface area (Å²) in [6.45, 7) is 3.06. The number of amides is 3. The van der Waals surface area contributed by atoms with Crippen molar-refractivity contribution in [1.82, 2.24) is 5.32 Å². The first kappa shape index (κ1) is 16.1. The van der Waals surface area contributed by atoms with Crippen molar-refractivity contribution < 1.29 is 9.59 Å². The molecule has 1 unspecified atom stereocenters. The minimum Gasteiger partial charge on any atom is -0.338 e. The van der Waals surface area contributed by atoms with Crippen molar-refractivity contribution in [3.05, 3.63) is 60.2 Å². The number of carbonyl (C=O) groups is 2. The second kappa shape index (κ2) is 7.17. The summed E-state index contributed by atoms with van der Waals surface area (Å²) in [6, 6.07) is 17.0. The van der Waals surface area contributed by atoms with Crippen LogP contribution in [0, 0.1) is 12.8 Å². The zero-order chi connectivity index (χ0) is 16.9. The summed E-state index contributed by atoms with van der Waals surface area (Å²) in [4.78, 5) is 26.0. The summed E-state index contributed by atoms with van der Waals surface area (Å²) in [5.74, 6) is 0.229. The van der Waals surface area contributed by atoms with Crippen LogP contribution in [0.1, 0.15) is 12.0 Å². The number of para-hydroxylation sites is 2. The van der Waals surface area contributed by atoms with Crippen LogP contribution in [0.4, 0.5) is 16.2 Å². The molecule has 1 aliphatic rings. The first-order valence-electron chi connectivity index (χ1n) is 8.09. The maximum absolute atomic E-state index is 12.2. The van der Waals surface area contributed by atoms with E-state index >= 15 is 0 Å². The van der Waals surface area contributed by atoms with Gasteiger partial charge in [-0.25, -0.2) is 4.79 Å². The Morgan fingerprint density at radius 1 is 1.12 bits per heavy atom. The third-order valence-electron chi connectivity index (χ3n) is 4.22. The molecule has 1 aliphatic heterocycles. The Morgan fingerprint density at radius 2 is 1.83 bits per heavy atom. The molecule has 2 aromatic carbocycles. The van der Waals surface area contributed by atoms with E-state index < -0.39 is 0 Å². The highest BCUT2D eigenvalue weighted by atomic mass is 16.2. The summed E-state index contributed by atoms with van der Waals surface area (Å²) < 4.78 is 0. The van der Waals surface area contributed by atoms with Crippen molar-refractivity contribution in [3.63, 3.8) is 0 Å². The minimum absolute atomic E-state index is 0.104. The van der Waals surface area contributed by atoms with Crippen LogP contribution in [0.15, 0.2) is 54.6 Å². The Bertz CT molecular complexity index is 730.